The third-order valence-electron chi connectivity index (χ3n) is 4.19. The first-order chi connectivity index (χ1) is 11.4. The van der Waals surface area contributed by atoms with Gasteiger partial charge in [-0.25, -0.2) is 22.9 Å². The van der Waals surface area contributed by atoms with E-state index in [4.69, 9.17) is 4.74 Å². The van der Waals surface area contributed by atoms with Gasteiger partial charge in [0.05, 0.1) is 13.7 Å². The predicted octanol–water partition coefficient (Wildman–Crippen LogP) is 0.584. The van der Waals surface area contributed by atoms with Gasteiger partial charge in [-0.05, 0) is 38.1 Å². The lowest BCUT2D eigenvalue weighted by Gasteiger charge is -2.37. The van der Waals surface area contributed by atoms with Gasteiger partial charge in [-0.15, -0.1) is 12.4 Å². The topological polar surface area (TPSA) is 107 Å². The van der Waals surface area contributed by atoms with Crippen LogP contribution in [0.4, 0.5) is 0 Å². The zero-order valence-corrected chi connectivity index (χ0v) is 15.9. The van der Waals surface area contributed by atoms with Crippen LogP contribution in [-0.4, -0.2) is 59.8 Å². The molecule has 0 amide bonds. The maximum atomic E-state index is 12.4. The lowest BCUT2D eigenvalue weighted by Crippen LogP contribution is -2.47. The number of esters is 1. The van der Waals surface area contributed by atoms with Gasteiger partial charge in [0.25, 0.3) is 0 Å². The minimum atomic E-state index is -3.71. The molecule has 0 unspecified atom stereocenters. The second kappa shape index (κ2) is 9.44. The molecule has 1 fully saturated rings. The molecule has 2 rings (SSSR count). The van der Waals surface area contributed by atoms with Crippen LogP contribution < -0.4 is 10.0 Å². The van der Waals surface area contributed by atoms with Crippen LogP contribution >= 0.6 is 12.4 Å². The van der Waals surface area contributed by atoms with Crippen LogP contribution in [0.3, 0.4) is 0 Å². The van der Waals surface area contributed by atoms with E-state index in [1.807, 2.05) is 0 Å². The van der Waals surface area contributed by atoms with E-state index in [0.717, 1.165) is 32.1 Å². The average Bonchev–Trinajstić information content (AvgIpc) is 2.61. The third kappa shape index (κ3) is 5.61. The second-order valence-electron chi connectivity index (χ2n) is 5.88. The fourth-order valence-electron chi connectivity index (χ4n) is 2.73. The quantitative estimate of drug-likeness (QED) is 0.652. The summed E-state index contributed by atoms with van der Waals surface area (Å²) in [6, 6.07) is 2.67. The number of rotatable bonds is 7. The lowest BCUT2D eigenvalue weighted by atomic mass is 9.80. The van der Waals surface area contributed by atoms with Crippen LogP contribution in [-0.2, 0) is 19.5 Å². The number of nitrogens with one attached hydrogen (secondary N) is 2. The fourth-order valence-corrected chi connectivity index (χ4v) is 3.83. The maximum Gasteiger partial charge on any atom is 0.356 e. The number of aromatic nitrogens is 1. The van der Waals surface area contributed by atoms with Crippen LogP contribution in [0.25, 0.3) is 0 Å². The molecule has 0 aliphatic carbocycles. The van der Waals surface area contributed by atoms with E-state index >= 15 is 0 Å². The highest BCUT2D eigenvalue weighted by atomic mass is 35.5. The molecule has 0 atom stereocenters. The Morgan fingerprint density at radius 3 is 2.52 bits per heavy atom. The average molecular weight is 394 g/mol. The van der Waals surface area contributed by atoms with Crippen molar-refractivity contribution >= 4 is 28.4 Å². The van der Waals surface area contributed by atoms with E-state index in [9.17, 15) is 13.2 Å². The summed E-state index contributed by atoms with van der Waals surface area (Å²) in [6.07, 6.45) is 2.83. The van der Waals surface area contributed by atoms with Gasteiger partial charge in [-0.1, -0.05) is 0 Å². The number of ether oxygens (including phenoxy) is 2. The van der Waals surface area contributed by atoms with Crippen molar-refractivity contribution in [1.82, 2.24) is 15.0 Å². The number of methoxy groups -OCH3 is 2. The van der Waals surface area contributed by atoms with Gasteiger partial charge >= 0.3 is 5.97 Å². The summed E-state index contributed by atoms with van der Waals surface area (Å²) in [5, 5.41) is 3.26. The molecule has 0 saturated carbocycles. The number of hydrogen-bond acceptors (Lipinski definition) is 7. The van der Waals surface area contributed by atoms with Crippen LogP contribution in [0.1, 0.15) is 23.3 Å². The smallest absolute Gasteiger partial charge is 0.356 e. The predicted molar refractivity (Wildman–Crippen MR) is 94.4 cm³/mol. The molecule has 142 valence electrons. The van der Waals surface area contributed by atoms with Crippen molar-refractivity contribution in [2.24, 2.45) is 5.41 Å². The Morgan fingerprint density at radius 2 is 2.00 bits per heavy atom. The summed E-state index contributed by atoms with van der Waals surface area (Å²) in [6.45, 7) is 2.46. The van der Waals surface area contributed by atoms with Crippen molar-refractivity contribution in [3.63, 3.8) is 0 Å². The van der Waals surface area contributed by atoms with Gasteiger partial charge in [0.2, 0.25) is 10.0 Å². The number of nitrogens with zero attached hydrogens (tertiary/aromatic N) is 1. The SMILES string of the molecule is COCC1(CNS(=O)(=O)c2ccc(C(=O)OC)nc2)CCNCC1.Cl. The van der Waals surface area contributed by atoms with E-state index in [2.05, 4.69) is 19.8 Å². The molecule has 10 heteroatoms. The van der Waals surface area contributed by atoms with E-state index in [-0.39, 0.29) is 28.4 Å². The van der Waals surface area contributed by atoms with Crippen LogP contribution in [0, 0.1) is 5.41 Å². The van der Waals surface area contributed by atoms with Gasteiger partial charge < -0.3 is 14.8 Å². The Balaban J connectivity index is 0.00000312. The van der Waals surface area contributed by atoms with Crippen LogP contribution in [0.5, 0.6) is 0 Å². The zero-order chi connectivity index (χ0) is 17.6. The van der Waals surface area contributed by atoms with E-state index in [1.165, 1.54) is 19.2 Å². The number of sulfonamides is 1. The number of carbonyl (C=O) groups is 1. The molecule has 0 bridgehead atoms. The molecule has 1 aliphatic heterocycles. The van der Waals surface area contributed by atoms with Gasteiger partial charge in [0, 0.05) is 25.3 Å². The number of piperidine rings is 1. The molecule has 25 heavy (non-hydrogen) atoms. The molecule has 0 aromatic carbocycles. The first-order valence-corrected chi connectivity index (χ1v) is 9.14. The Hall–Kier alpha value is -1.26. The van der Waals surface area contributed by atoms with Crippen LogP contribution in [0.2, 0.25) is 0 Å². The highest BCUT2D eigenvalue weighted by Crippen LogP contribution is 2.28. The van der Waals surface area contributed by atoms with Gasteiger partial charge in [0.15, 0.2) is 0 Å². The minimum absolute atomic E-state index is 0. The summed E-state index contributed by atoms with van der Waals surface area (Å²) < 4.78 is 37.4. The molecule has 2 N–H and O–H groups in total. The van der Waals surface area contributed by atoms with Crippen molar-refractivity contribution in [1.29, 1.82) is 0 Å². The largest absolute Gasteiger partial charge is 0.464 e. The normalized spacial score (nSPS) is 16.7. The summed E-state index contributed by atoms with van der Waals surface area (Å²) in [5.74, 6) is -0.610. The minimum Gasteiger partial charge on any atom is -0.464 e. The lowest BCUT2D eigenvalue weighted by molar-refractivity contribution is 0.0577. The Labute approximate surface area is 154 Å². The molecular weight excluding hydrogens is 370 g/mol. The number of carbonyl (C=O) groups excluding carboxylic acids is 1. The number of halogens is 1. The van der Waals surface area contributed by atoms with E-state index < -0.39 is 16.0 Å². The van der Waals surface area contributed by atoms with E-state index in [0.29, 0.717) is 13.2 Å². The van der Waals surface area contributed by atoms with Crippen LogP contribution in [0.15, 0.2) is 23.2 Å². The highest BCUT2D eigenvalue weighted by molar-refractivity contribution is 7.89. The Morgan fingerprint density at radius 1 is 1.32 bits per heavy atom. The molecule has 1 aliphatic rings. The number of hydrogen-bond donors (Lipinski definition) is 2. The second-order valence-corrected chi connectivity index (χ2v) is 7.65. The third-order valence-corrected chi connectivity index (χ3v) is 5.58. The standard InChI is InChI=1S/C15H23N3O5S.ClH/c1-22-11-15(5-7-16-8-6-15)10-18-24(20,21)12-3-4-13(17-9-12)14(19)23-2;/h3-4,9,16,18H,5-8,10-11H2,1-2H3;1H. The summed E-state index contributed by atoms with van der Waals surface area (Å²) in [4.78, 5) is 15.2. The monoisotopic (exact) mass is 393 g/mol. The molecule has 1 aromatic rings. The summed E-state index contributed by atoms with van der Waals surface area (Å²) in [5.41, 5.74) is -0.155. The van der Waals surface area contributed by atoms with Crippen molar-refractivity contribution in [2.75, 3.05) is 40.5 Å². The van der Waals surface area contributed by atoms with Crippen molar-refractivity contribution in [3.8, 4) is 0 Å². The molecule has 1 aromatic heterocycles. The van der Waals surface area contributed by atoms with Crippen molar-refractivity contribution in [3.05, 3.63) is 24.0 Å². The molecule has 1 saturated heterocycles. The maximum absolute atomic E-state index is 12.4. The zero-order valence-electron chi connectivity index (χ0n) is 14.3. The van der Waals surface area contributed by atoms with Crippen molar-refractivity contribution in [2.45, 2.75) is 17.7 Å². The Kier molecular flexibility index (Phi) is 8.23. The molecular formula is C15H24ClN3O5S. The first-order valence-electron chi connectivity index (χ1n) is 7.66. The first kappa shape index (κ1) is 21.8. The van der Waals surface area contributed by atoms with Gasteiger partial charge in [-0.3, -0.25) is 0 Å². The fraction of sp³-hybridized carbons (Fsp3) is 0.600. The molecule has 0 spiro atoms. The van der Waals surface area contributed by atoms with Crippen molar-refractivity contribution < 1.29 is 22.7 Å². The molecule has 2 heterocycles. The summed E-state index contributed by atoms with van der Waals surface area (Å²) in [7, 11) is -0.846. The number of pyridine rings is 1. The molecule has 0 radical (unpaired) electrons. The molecule has 8 nitrogen and oxygen atoms in total. The van der Waals surface area contributed by atoms with E-state index in [1.54, 1.807) is 7.11 Å². The Bertz CT molecular complexity index is 655. The van der Waals surface area contributed by atoms with Gasteiger partial charge in [0.1, 0.15) is 10.6 Å². The highest BCUT2D eigenvalue weighted by Gasteiger charge is 2.33. The van der Waals surface area contributed by atoms with Gasteiger partial charge in [-0.2, -0.15) is 0 Å². The summed E-state index contributed by atoms with van der Waals surface area (Å²) >= 11 is 0.